The van der Waals surface area contributed by atoms with Crippen molar-refractivity contribution in [3.8, 4) is 0 Å². The highest BCUT2D eigenvalue weighted by molar-refractivity contribution is 5.60. The molecule has 0 amide bonds. The molecule has 2 fully saturated rings. The van der Waals surface area contributed by atoms with E-state index in [0.717, 1.165) is 6.54 Å². The Labute approximate surface area is 131 Å². The predicted octanol–water partition coefficient (Wildman–Crippen LogP) is 2.90. The summed E-state index contributed by atoms with van der Waals surface area (Å²) >= 11 is 0. The molecule has 2 saturated heterocycles. The number of hydrogen-bond donors (Lipinski definition) is 0. The fourth-order valence-corrected chi connectivity index (χ4v) is 4.52. The summed E-state index contributed by atoms with van der Waals surface area (Å²) < 4.78 is 0. The summed E-state index contributed by atoms with van der Waals surface area (Å²) in [5.41, 5.74) is 4.32. The molecule has 0 aliphatic carbocycles. The molecule has 0 bridgehead atoms. The molecule has 3 nitrogen and oxygen atoms in total. The normalized spacial score (nSPS) is 27.5. The average Bonchev–Trinajstić information content (AvgIpc) is 3.02. The van der Waals surface area contributed by atoms with Crippen molar-refractivity contribution in [2.75, 3.05) is 31.1 Å². The van der Waals surface area contributed by atoms with Crippen LogP contribution >= 0.6 is 0 Å². The first kappa shape index (κ1) is 12.7. The van der Waals surface area contributed by atoms with E-state index in [-0.39, 0.29) is 0 Å². The van der Waals surface area contributed by atoms with E-state index in [1.54, 1.807) is 0 Å². The second-order valence-electron chi connectivity index (χ2n) is 6.54. The molecule has 3 heteroatoms. The van der Waals surface area contributed by atoms with Crippen molar-refractivity contribution < 1.29 is 0 Å². The van der Waals surface area contributed by atoms with E-state index >= 15 is 0 Å². The lowest BCUT2D eigenvalue weighted by Gasteiger charge is -2.51. The van der Waals surface area contributed by atoms with Gasteiger partial charge in [-0.25, -0.2) is 0 Å². The summed E-state index contributed by atoms with van der Waals surface area (Å²) in [6.07, 6.45) is 1.73. The Morgan fingerprint density at radius 3 is 2.50 bits per heavy atom. The molecule has 3 aliphatic rings. The maximum Gasteiger partial charge on any atom is 0.140 e. The van der Waals surface area contributed by atoms with Crippen LogP contribution in [0, 0.1) is 0 Å². The van der Waals surface area contributed by atoms with Crippen molar-refractivity contribution in [2.24, 2.45) is 0 Å². The van der Waals surface area contributed by atoms with Crippen LogP contribution in [0.15, 0.2) is 54.6 Å². The van der Waals surface area contributed by atoms with Gasteiger partial charge in [-0.1, -0.05) is 48.5 Å². The van der Waals surface area contributed by atoms with Gasteiger partial charge >= 0.3 is 0 Å². The van der Waals surface area contributed by atoms with Crippen LogP contribution in [-0.4, -0.2) is 42.3 Å². The number of hydrogen-bond acceptors (Lipinski definition) is 3. The average molecular weight is 291 g/mol. The van der Waals surface area contributed by atoms with Gasteiger partial charge in [0.15, 0.2) is 0 Å². The van der Waals surface area contributed by atoms with Crippen molar-refractivity contribution in [1.82, 2.24) is 9.80 Å². The topological polar surface area (TPSA) is 9.72 Å². The van der Waals surface area contributed by atoms with Crippen LogP contribution in [0.2, 0.25) is 0 Å². The van der Waals surface area contributed by atoms with Crippen LogP contribution < -0.4 is 4.90 Å². The van der Waals surface area contributed by atoms with Gasteiger partial charge < -0.3 is 4.90 Å². The van der Waals surface area contributed by atoms with Crippen LogP contribution in [0.5, 0.6) is 0 Å². The summed E-state index contributed by atoms with van der Waals surface area (Å²) in [7, 11) is 0. The molecule has 2 aromatic carbocycles. The van der Waals surface area contributed by atoms with Gasteiger partial charge in [0.1, 0.15) is 6.29 Å². The number of para-hydroxylation sites is 1. The monoisotopic (exact) mass is 291 g/mol. The zero-order valence-corrected chi connectivity index (χ0v) is 12.7. The Balaban J connectivity index is 1.71. The Bertz CT molecular complexity index is 684. The SMILES string of the molecule is c1ccc(C2c3ccccc3N3CCN4CCCN2C43)cc1. The standard InChI is InChI=1S/C19H21N3/c1-2-7-15(8-3-1)18-16-9-4-5-10-17(16)21-14-13-20-11-6-12-22(18)19(20)21/h1-5,7-10,18-19H,6,11-14H2. The lowest BCUT2D eigenvalue weighted by atomic mass is 9.92. The molecular weight excluding hydrogens is 270 g/mol. The van der Waals surface area contributed by atoms with Crippen molar-refractivity contribution in [3.63, 3.8) is 0 Å². The molecule has 5 rings (SSSR count). The van der Waals surface area contributed by atoms with Crippen molar-refractivity contribution >= 4 is 5.69 Å². The molecule has 0 saturated carbocycles. The van der Waals surface area contributed by atoms with Crippen LogP contribution in [0.1, 0.15) is 23.6 Å². The summed E-state index contributed by atoms with van der Waals surface area (Å²) in [5.74, 6) is 0. The zero-order valence-electron chi connectivity index (χ0n) is 12.7. The van der Waals surface area contributed by atoms with E-state index in [0.29, 0.717) is 12.3 Å². The van der Waals surface area contributed by atoms with Gasteiger partial charge in [0.2, 0.25) is 0 Å². The highest BCUT2D eigenvalue weighted by atomic mass is 15.6. The lowest BCUT2D eigenvalue weighted by Crippen LogP contribution is -2.60. The lowest BCUT2D eigenvalue weighted by molar-refractivity contribution is 0.00767. The van der Waals surface area contributed by atoms with Gasteiger partial charge in [-0.3, -0.25) is 9.80 Å². The number of rotatable bonds is 1. The first-order valence-electron chi connectivity index (χ1n) is 8.34. The second-order valence-corrected chi connectivity index (χ2v) is 6.54. The van der Waals surface area contributed by atoms with Gasteiger partial charge in [0.05, 0.1) is 6.04 Å². The minimum atomic E-state index is 0.388. The van der Waals surface area contributed by atoms with Gasteiger partial charge in [0.25, 0.3) is 0 Å². The highest BCUT2D eigenvalue weighted by Gasteiger charge is 2.46. The number of nitrogens with zero attached hydrogens (tertiary/aromatic N) is 3. The van der Waals surface area contributed by atoms with Crippen LogP contribution in [-0.2, 0) is 0 Å². The summed E-state index contributed by atoms with van der Waals surface area (Å²) in [6, 6.07) is 20.4. The molecule has 3 heterocycles. The van der Waals surface area contributed by atoms with E-state index in [2.05, 4.69) is 69.3 Å². The van der Waals surface area contributed by atoms with Gasteiger partial charge in [-0.05, 0) is 23.6 Å². The molecule has 0 radical (unpaired) electrons. The van der Waals surface area contributed by atoms with E-state index < -0.39 is 0 Å². The Kier molecular flexibility index (Phi) is 2.79. The second kappa shape index (κ2) is 4.83. The third kappa shape index (κ3) is 1.70. The van der Waals surface area contributed by atoms with Crippen molar-refractivity contribution in [3.05, 3.63) is 65.7 Å². The number of fused-ring (bicyclic) bond motifs is 2. The molecule has 0 aromatic heterocycles. The Morgan fingerprint density at radius 1 is 0.773 bits per heavy atom. The van der Waals surface area contributed by atoms with Crippen LogP contribution in [0.25, 0.3) is 0 Å². The van der Waals surface area contributed by atoms with Gasteiger partial charge in [-0.15, -0.1) is 0 Å². The quantitative estimate of drug-likeness (QED) is 0.800. The molecule has 3 aliphatic heterocycles. The Hall–Kier alpha value is -1.84. The minimum Gasteiger partial charge on any atom is -0.342 e. The summed E-state index contributed by atoms with van der Waals surface area (Å²) in [4.78, 5) is 7.96. The van der Waals surface area contributed by atoms with Crippen LogP contribution in [0.4, 0.5) is 5.69 Å². The van der Waals surface area contributed by atoms with Gasteiger partial charge in [-0.2, -0.15) is 0 Å². The van der Waals surface area contributed by atoms with Crippen LogP contribution in [0.3, 0.4) is 0 Å². The fraction of sp³-hybridized carbons (Fsp3) is 0.368. The first-order valence-corrected chi connectivity index (χ1v) is 8.34. The maximum absolute atomic E-state index is 2.70. The van der Waals surface area contributed by atoms with E-state index in [1.807, 2.05) is 0 Å². The number of benzene rings is 2. The van der Waals surface area contributed by atoms with Gasteiger partial charge in [0, 0.05) is 31.9 Å². The molecule has 0 N–H and O–H groups in total. The molecule has 112 valence electrons. The zero-order chi connectivity index (χ0) is 14.5. The number of anilines is 1. The molecular formula is C19H21N3. The predicted molar refractivity (Wildman–Crippen MR) is 88.8 cm³/mol. The molecule has 2 atom stereocenters. The third-order valence-electron chi connectivity index (χ3n) is 5.38. The van der Waals surface area contributed by atoms with E-state index in [9.17, 15) is 0 Å². The molecule has 2 aromatic rings. The molecule has 0 spiro atoms. The first-order chi connectivity index (χ1) is 10.9. The molecule has 2 unspecified atom stereocenters. The summed E-state index contributed by atoms with van der Waals surface area (Å²) in [5, 5.41) is 0. The minimum absolute atomic E-state index is 0.388. The van der Waals surface area contributed by atoms with E-state index in [4.69, 9.17) is 0 Å². The third-order valence-corrected chi connectivity index (χ3v) is 5.38. The Morgan fingerprint density at radius 2 is 1.59 bits per heavy atom. The molecule has 22 heavy (non-hydrogen) atoms. The van der Waals surface area contributed by atoms with E-state index in [1.165, 1.54) is 42.9 Å². The smallest absolute Gasteiger partial charge is 0.140 e. The van der Waals surface area contributed by atoms with Crippen molar-refractivity contribution in [1.29, 1.82) is 0 Å². The highest BCUT2D eigenvalue weighted by Crippen LogP contribution is 2.45. The largest absolute Gasteiger partial charge is 0.342 e. The van der Waals surface area contributed by atoms with Crippen molar-refractivity contribution in [2.45, 2.75) is 18.8 Å². The summed E-state index contributed by atoms with van der Waals surface area (Å²) in [6.45, 7) is 4.77. The fourth-order valence-electron chi connectivity index (χ4n) is 4.52. The maximum atomic E-state index is 2.70.